The molecule has 3 aromatic carbocycles. The van der Waals surface area contributed by atoms with E-state index in [0.717, 1.165) is 24.3 Å². The Morgan fingerprint density at radius 2 is 1.55 bits per heavy atom. The monoisotopic (exact) mass is 597 g/mol. The lowest BCUT2D eigenvalue weighted by Crippen LogP contribution is -2.32. The topological polar surface area (TPSA) is 38.8 Å². The van der Waals surface area contributed by atoms with Crippen molar-refractivity contribution in [3.63, 3.8) is 0 Å². The van der Waals surface area contributed by atoms with Crippen LogP contribution < -0.4 is 4.74 Å². The first-order chi connectivity index (χ1) is 19.4. The van der Waals surface area contributed by atoms with Crippen LogP contribution in [0.4, 0.5) is 35.5 Å². The van der Waals surface area contributed by atoms with E-state index >= 15 is 0 Å². The largest absolute Gasteiger partial charge is 0.496 e. The zero-order chi connectivity index (χ0) is 31.3. The molecule has 0 aromatic heterocycles. The van der Waals surface area contributed by atoms with Crippen molar-refractivity contribution < 1.29 is 45.0 Å². The second kappa shape index (κ2) is 11.1. The molecule has 0 spiro atoms. The molecule has 1 aliphatic rings. The summed E-state index contributed by atoms with van der Waals surface area (Å²) < 4.78 is 108. The summed E-state index contributed by atoms with van der Waals surface area (Å²) in [6.07, 6.45) is -11.3. The number of benzene rings is 3. The van der Waals surface area contributed by atoms with Crippen LogP contribution in [-0.2, 0) is 23.6 Å². The molecule has 4 nitrogen and oxygen atoms in total. The molecule has 1 saturated heterocycles. The number of alkyl halides is 6. The normalized spacial score (nSPS) is 17.7. The van der Waals surface area contributed by atoms with Gasteiger partial charge in [0.05, 0.1) is 30.8 Å². The zero-order valence-electron chi connectivity index (χ0n) is 23.8. The van der Waals surface area contributed by atoms with Crippen LogP contribution >= 0.6 is 0 Å². The first-order valence-electron chi connectivity index (χ1n) is 13.2. The predicted molar refractivity (Wildman–Crippen MR) is 143 cm³/mol. The average Bonchev–Trinajstić information content (AvgIpc) is 3.15. The van der Waals surface area contributed by atoms with E-state index in [2.05, 4.69) is 0 Å². The number of carbonyl (C=O) groups is 1. The number of amides is 1. The summed E-state index contributed by atoms with van der Waals surface area (Å²) in [5, 5.41) is 0. The first kappa shape index (κ1) is 31.2. The molecule has 1 fully saturated rings. The third-order valence-corrected chi connectivity index (χ3v) is 7.44. The van der Waals surface area contributed by atoms with Gasteiger partial charge in [0.1, 0.15) is 17.7 Å². The Hall–Kier alpha value is -3.76. The minimum atomic E-state index is -4.71. The van der Waals surface area contributed by atoms with Gasteiger partial charge in [-0.3, -0.25) is 4.90 Å². The van der Waals surface area contributed by atoms with Crippen LogP contribution in [0.2, 0.25) is 0 Å². The molecule has 42 heavy (non-hydrogen) atoms. The van der Waals surface area contributed by atoms with Gasteiger partial charge >= 0.3 is 18.4 Å². The SMILES string of the molecule is COc1cc(F)c(C(C)C)cc1-c1c(C)cc(C(F)(F)F)cc1CN1C(=O)O[C@H](c2cc(C)cc(C(F)(F)F)c2)[C@@H]1C. The van der Waals surface area contributed by atoms with Gasteiger partial charge in [-0.25, -0.2) is 9.18 Å². The van der Waals surface area contributed by atoms with E-state index in [1.54, 1.807) is 20.8 Å². The number of carbonyl (C=O) groups excluding carboxylic acids is 1. The molecule has 0 unspecified atom stereocenters. The minimum Gasteiger partial charge on any atom is -0.496 e. The van der Waals surface area contributed by atoms with Crippen LogP contribution in [0, 0.1) is 19.7 Å². The summed E-state index contributed by atoms with van der Waals surface area (Å²) in [7, 11) is 1.31. The van der Waals surface area contributed by atoms with Crippen LogP contribution in [0.15, 0.2) is 42.5 Å². The van der Waals surface area contributed by atoms with Gasteiger partial charge < -0.3 is 9.47 Å². The van der Waals surface area contributed by atoms with Crippen molar-refractivity contribution in [3.05, 3.63) is 87.2 Å². The lowest BCUT2D eigenvalue weighted by Gasteiger charge is -2.25. The number of cyclic esters (lactones) is 1. The number of methoxy groups -OCH3 is 1. The highest BCUT2D eigenvalue weighted by Gasteiger charge is 2.42. The molecule has 3 aromatic rings. The Morgan fingerprint density at radius 3 is 2.12 bits per heavy atom. The van der Waals surface area contributed by atoms with Gasteiger partial charge in [-0.05, 0) is 84.8 Å². The Labute approximate surface area is 239 Å². The lowest BCUT2D eigenvalue weighted by molar-refractivity contribution is -0.138. The maximum Gasteiger partial charge on any atom is 0.416 e. The van der Waals surface area contributed by atoms with Crippen molar-refractivity contribution in [2.75, 3.05) is 7.11 Å². The van der Waals surface area contributed by atoms with E-state index in [0.29, 0.717) is 22.3 Å². The van der Waals surface area contributed by atoms with Crippen molar-refractivity contribution in [2.45, 2.75) is 71.6 Å². The molecule has 11 heteroatoms. The number of halogens is 7. The Bertz CT molecular complexity index is 1510. The van der Waals surface area contributed by atoms with E-state index in [1.165, 1.54) is 44.1 Å². The van der Waals surface area contributed by atoms with E-state index in [-0.39, 0.29) is 34.9 Å². The van der Waals surface area contributed by atoms with Crippen LogP contribution in [0.1, 0.15) is 71.7 Å². The molecule has 0 N–H and O–H groups in total. The molecule has 0 radical (unpaired) electrons. The minimum absolute atomic E-state index is 0.0895. The smallest absolute Gasteiger partial charge is 0.416 e. The number of rotatable bonds is 6. The van der Waals surface area contributed by atoms with Crippen molar-refractivity contribution in [3.8, 4) is 16.9 Å². The van der Waals surface area contributed by atoms with E-state index in [9.17, 15) is 35.5 Å². The van der Waals surface area contributed by atoms with E-state index in [1.807, 2.05) is 0 Å². The van der Waals surface area contributed by atoms with Crippen molar-refractivity contribution in [1.82, 2.24) is 4.90 Å². The molecule has 0 aliphatic carbocycles. The molecule has 1 heterocycles. The number of hydrogen-bond acceptors (Lipinski definition) is 3. The summed E-state index contributed by atoms with van der Waals surface area (Å²) in [6.45, 7) is 7.70. The molecule has 1 amide bonds. The molecule has 0 bridgehead atoms. The van der Waals surface area contributed by atoms with Gasteiger partial charge in [-0.1, -0.05) is 25.5 Å². The maximum atomic E-state index is 14.8. The van der Waals surface area contributed by atoms with Gasteiger partial charge in [-0.15, -0.1) is 0 Å². The number of ether oxygens (including phenoxy) is 2. The van der Waals surface area contributed by atoms with Crippen LogP contribution in [0.5, 0.6) is 5.75 Å². The summed E-state index contributed by atoms with van der Waals surface area (Å²) in [6, 6.07) is 7.11. The van der Waals surface area contributed by atoms with Gasteiger partial charge in [-0.2, -0.15) is 26.3 Å². The maximum absolute atomic E-state index is 14.8. The third kappa shape index (κ3) is 6.05. The van der Waals surface area contributed by atoms with E-state index < -0.39 is 47.5 Å². The van der Waals surface area contributed by atoms with Crippen LogP contribution in [0.3, 0.4) is 0 Å². The summed E-state index contributed by atoms with van der Waals surface area (Å²) in [4.78, 5) is 14.2. The summed E-state index contributed by atoms with van der Waals surface area (Å²) >= 11 is 0. The molecule has 226 valence electrons. The summed E-state index contributed by atoms with van der Waals surface area (Å²) in [5.74, 6) is -0.693. The lowest BCUT2D eigenvalue weighted by atomic mass is 9.89. The average molecular weight is 598 g/mol. The molecule has 0 saturated carbocycles. The van der Waals surface area contributed by atoms with Crippen molar-refractivity contribution in [1.29, 1.82) is 0 Å². The fourth-order valence-corrected chi connectivity index (χ4v) is 5.40. The molecule has 4 rings (SSSR count). The number of hydrogen-bond donors (Lipinski definition) is 0. The highest BCUT2D eigenvalue weighted by Crippen LogP contribution is 2.43. The molecular weight excluding hydrogens is 567 g/mol. The van der Waals surface area contributed by atoms with E-state index in [4.69, 9.17) is 9.47 Å². The fourth-order valence-electron chi connectivity index (χ4n) is 5.40. The zero-order valence-corrected chi connectivity index (χ0v) is 23.8. The Morgan fingerprint density at radius 1 is 0.929 bits per heavy atom. The molecular formula is C31H30F7NO3. The Kier molecular flexibility index (Phi) is 8.28. The Balaban J connectivity index is 1.84. The second-order valence-electron chi connectivity index (χ2n) is 10.9. The quantitative estimate of drug-likeness (QED) is 0.266. The molecule has 2 atom stereocenters. The first-order valence-corrected chi connectivity index (χ1v) is 13.2. The van der Waals surface area contributed by atoms with Gasteiger partial charge in [0.25, 0.3) is 0 Å². The number of aryl methyl sites for hydroxylation is 2. The van der Waals surface area contributed by atoms with Gasteiger partial charge in [0.2, 0.25) is 0 Å². The van der Waals surface area contributed by atoms with Crippen LogP contribution in [-0.4, -0.2) is 24.1 Å². The van der Waals surface area contributed by atoms with Crippen molar-refractivity contribution >= 4 is 6.09 Å². The second-order valence-corrected chi connectivity index (χ2v) is 10.9. The van der Waals surface area contributed by atoms with Gasteiger partial charge in [0.15, 0.2) is 0 Å². The number of nitrogens with zero attached hydrogens (tertiary/aromatic N) is 1. The standard InChI is InChI=1S/C31H30F7NO3/c1-15(2)23-12-24(26(41-6)13-25(23)32)27-17(4)9-22(31(36,37)38)11-20(27)14-39-18(5)28(42-29(39)40)19-7-16(3)8-21(10-19)30(33,34)35/h7-13,15,18,28H,14H2,1-6H3/t18-,28-/m0/s1. The molecule has 1 aliphatic heterocycles. The fraction of sp³-hybridized carbons (Fsp3) is 0.387. The third-order valence-electron chi connectivity index (χ3n) is 7.44. The summed E-state index contributed by atoms with van der Waals surface area (Å²) in [5.41, 5.74) is -0.140. The van der Waals surface area contributed by atoms with Gasteiger partial charge in [0, 0.05) is 11.6 Å². The highest BCUT2D eigenvalue weighted by molar-refractivity contribution is 5.79. The predicted octanol–water partition coefficient (Wildman–Crippen LogP) is 9.36. The van der Waals surface area contributed by atoms with Crippen LogP contribution in [0.25, 0.3) is 11.1 Å². The highest BCUT2D eigenvalue weighted by atomic mass is 19.4. The van der Waals surface area contributed by atoms with Crippen molar-refractivity contribution in [2.24, 2.45) is 0 Å².